The molecule has 0 aliphatic heterocycles. The van der Waals surface area contributed by atoms with Crippen molar-refractivity contribution in [2.75, 3.05) is 6.61 Å². The van der Waals surface area contributed by atoms with Gasteiger partial charge >= 0.3 is 5.97 Å². The highest BCUT2D eigenvalue weighted by Crippen LogP contribution is 2.31. The molecule has 4 nitrogen and oxygen atoms in total. The topological polar surface area (TPSA) is 63.6 Å². The van der Waals surface area contributed by atoms with Crippen LogP contribution in [-0.2, 0) is 9.59 Å². The summed E-state index contributed by atoms with van der Waals surface area (Å²) in [6.07, 6.45) is 0.391. The van der Waals surface area contributed by atoms with Gasteiger partial charge in [0.05, 0.1) is 12.0 Å². The lowest BCUT2D eigenvalue weighted by Gasteiger charge is -2.28. The van der Waals surface area contributed by atoms with Gasteiger partial charge in [-0.1, -0.05) is 12.1 Å². The van der Waals surface area contributed by atoms with E-state index < -0.39 is 17.3 Å². The van der Waals surface area contributed by atoms with Crippen molar-refractivity contribution in [2.24, 2.45) is 11.3 Å². The van der Waals surface area contributed by atoms with Gasteiger partial charge < -0.3 is 9.84 Å². The maximum absolute atomic E-state index is 11.7. The first kappa shape index (κ1) is 17.2. The predicted octanol–water partition coefficient (Wildman–Crippen LogP) is 3.39. The Morgan fingerprint density at radius 2 is 1.90 bits per heavy atom. The molecule has 0 saturated heterocycles. The average Bonchev–Trinajstić information content (AvgIpc) is 2.37. The number of Topliss-reactive ketones (excluding diaryl/α,β-unsaturated/α-hetero) is 1. The first-order valence-corrected chi connectivity index (χ1v) is 7.10. The quantitative estimate of drug-likeness (QED) is 0.836. The Labute approximate surface area is 126 Å². The second-order valence-corrected chi connectivity index (χ2v) is 6.10. The summed E-state index contributed by atoms with van der Waals surface area (Å²) in [4.78, 5) is 23.0. The number of benzene rings is 1. The van der Waals surface area contributed by atoms with Crippen molar-refractivity contribution in [1.82, 2.24) is 0 Å². The van der Waals surface area contributed by atoms with Gasteiger partial charge in [0.15, 0.2) is 0 Å². The van der Waals surface area contributed by atoms with Crippen LogP contribution in [0.1, 0.15) is 38.3 Å². The number of carboxylic acids is 1. The number of carbonyl (C=O) groups is 2. The molecule has 21 heavy (non-hydrogen) atoms. The third kappa shape index (κ3) is 4.31. The Hall–Kier alpha value is -1.84. The molecule has 0 amide bonds. The zero-order valence-electron chi connectivity index (χ0n) is 13.4. The summed E-state index contributed by atoms with van der Waals surface area (Å²) >= 11 is 0. The van der Waals surface area contributed by atoms with Crippen LogP contribution >= 0.6 is 0 Å². The molecule has 0 aliphatic rings. The number of carboxylic acid groups (broad SMARTS) is 1. The average molecular weight is 292 g/mol. The SMILES string of the molecule is CC(=O)C(CCOc1cc(C)ccc1C)C(C)(C)C(=O)O. The van der Waals surface area contributed by atoms with Crippen LogP contribution < -0.4 is 4.74 Å². The zero-order chi connectivity index (χ0) is 16.2. The van der Waals surface area contributed by atoms with Crippen molar-refractivity contribution in [3.8, 4) is 5.75 Å². The van der Waals surface area contributed by atoms with E-state index in [1.165, 1.54) is 6.92 Å². The molecule has 0 spiro atoms. The fourth-order valence-electron chi connectivity index (χ4n) is 2.37. The van der Waals surface area contributed by atoms with Crippen LogP contribution in [0, 0.1) is 25.2 Å². The van der Waals surface area contributed by atoms with Crippen LogP contribution in [0.2, 0.25) is 0 Å². The summed E-state index contributed by atoms with van der Waals surface area (Å²) in [5, 5.41) is 9.26. The molecule has 1 aromatic rings. The van der Waals surface area contributed by atoms with Gasteiger partial charge in [-0.3, -0.25) is 9.59 Å². The minimum atomic E-state index is -1.09. The van der Waals surface area contributed by atoms with Crippen molar-refractivity contribution >= 4 is 11.8 Å². The van der Waals surface area contributed by atoms with Crippen LogP contribution in [0.4, 0.5) is 0 Å². The molecule has 0 bridgehead atoms. The smallest absolute Gasteiger partial charge is 0.309 e. The molecule has 1 aromatic carbocycles. The summed E-state index contributed by atoms with van der Waals surface area (Å²) in [5.41, 5.74) is 1.04. The molecule has 0 saturated carbocycles. The largest absolute Gasteiger partial charge is 0.493 e. The molecule has 0 aromatic heterocycles. The van der Waals surface area contributed by atoms with Crippen LogP contribution in [0.3, 0.4) is 0 Å². The van der Waals surface area contributed by atoms with E-state index in [4.69, 9.17) is 4.74 Å². The summed E-state index contributed by atoms with van der Waals surface area (Å²) in [5.74, 6) is -0.855. The lowest BCUT2D eigenvalue weighted by molar-refractivity contribution is -0.153. The second-order valence-electron chi connectivity index (χ2n) is 6.10. The van der Waals surface area contributed by atoms with E-state index in [1.807, 2.05) is 32.0 Å². The Kier molecular flexibility index (Phi) is 5.53. The first-order valence-electron chi connectivity index (χ1n) is 7.10. The highest BCUT2D eigenvalue weighted by Gasteiger charge is 2.39. The summed E-state index contributed by atoms with van der Waals surface area (Å²) in [6.45, 7) is 8.87. The predicted molar refractivity (Wildman–Crippen MR) is 81.6 cm³/mol. The molecular weight excluding hydrogens is 268 g/mol. The second kappa shape index (κ2) is 6.74. The van der Waals surface area contributed by atoms with Gasteiger partial charge in [0.2, 0.25) is 0 Å². The molecule has 0 aliphatic carbocycles. The van der Waals surface area contributed by atoms with Crippen molar-refractivity contribution in [3.63, 3.8) is 0 Å². The third-order valence-corrected chi connectivity index (χ3v) is 3.92. The molecule has 0 heterocycles. The highest BCUT2D eigenvalue weighted by atomic mass is 16.5. The maximum Gasteiger partial charge on any atom is 0.309 e. The molecule has 0 fully saturated rings. The van der Waals surface area contributed by atoms with Crippen LogP contribution in [0.15, 0.2) is 18.2 Å². The minimum Gasteiger partial charge on any atom is -0.493 e. The van der Waals surface area contributed by atoms with E-state index in [0.29, 0.717) is 13.0 Å². The third-order valence-electron chi connectivity index (χ3n) is 3.92. The molecule has 1 rings (SSSR count). The summed E-state index contributed by atoms with van der Waals surface area (Å²) in [6, 6.07) is 5.93. The Morgan fingerprint density at radius 3 is 2.43 bits per heavy atom. The lowest BCUT2D eigenvalue weighted by atomic mass is 9.75. The minimum absolute atomic E-state index is 0.119. The molecular formula is C17H24O4. The van der Waals surface area contributed by atoms with Gasteiger partial charge in [0.1, 0.15) is 11.5 Å². The van der Waals surface area contributed by atoms with Crippen molar-refractivity contribution < 1.29 is 19.4 Å². The first-order chi connectivity index (χ1) is 9.66. The molecule has 0 radical (unpaired) electrons. The Morgan fingerprint density at radius 1 is 1.29 bits per heavy atom. The van der Waals surface area contributed by atoms with Crippen LogP contribution in [0.5, 0.6) is 5.75 Å². The monoisotopic (exact) mass is 292 g/mol. The van der Waals surface area contributed by atoms with Gasteiger partial charge in [-0.15, -0.1) is 0 Å². The number of aliphatic carboxylic acids is 1. The number of hydrogen-bond donors (Lipinski definition) is 1. The number of ether oxygens (including phenoxy) is 1. The van der Waals surface area contributed by atoms with Gasteiger partial charge in [0.25, 0.3) is 0 Å². The van der Waals surface area contributed by atoms with E-state index in [0.717, 1.165) is 16.9 Å². The standard InChI is InChI=1S/C17H24O4/c1-11-6-7-12(2)15(10-11)21-9-8-14(13(3)18)17(4,5)16(19)20/h6-7,10,14H,8-9H2,1-5H3,(H,19,20). The van der Waals surface area contributed by atoms with Crippen LogP contribution in [0.25, 0.3) is 0 Å². The number of ketones is 1. The fraction of sp³-hybridized carbons (Fsp3) is 0.529. The van der Waals surface area contributed by atoms with Gasteiger partial charge in [-0.25, -0.2) is 0 Å². The van der Waals surface area contributed by atoms with Crippen molar-refractivity contribution in [1.29, 1.82) is 0 Å². The van der Waals surface area contributed by atoms with E-state index >= 15 is 0 Å². The Bertz CT molecular complexity index is 532. The number of aryl methyl sites for hydroxylation is 2. The number of carbonyl (C=O) groups excluding carboxylic acids is 1. The maximum atomic E-state index is 11.7. The van der Waals surface area contributed by atoms with E-state index in [1.54, 1.807) is 13.8 Å². The van der Waals surface area contributed by atoms with E-state index in [9.17, 15) is 14.7 Å². The van der Waals surface area contributed by atoms with E-state index in [-0.39, 0.29) is 5.78 Å². The molecule has 1 unspecified atom stereocenters. The van der Waals surface area contributed by atoms with Crippen molar-refractivity contribution in [2.45, 2.75) is 41.0 Å². The van der Waals surface area contributed by atoms with Crippen molar-refractivity contribution in [3.05, 3.63) is 29.3 Å². The van der Waals surface area contributed by atoms with Gasteiger partial charge in [-0.05, 0) is 58.2 Å². The zero-order valence-corrected chi connectivity index (χ0v) is 13.4. The highest BCUT2D eigenvalue weighted by molar-refractivity contribution is 5.86. The van der Waals surface area contributed by atoms with E-state index in [2.05, 4.69) is 0 Å². The number of hydrogen-bond acceptors (Lipinski definition) is 3. The van der Waals surface area contributed by atoms with Gasteiger partial charge in [0, 0.05) is 5.92 Å². The molecule has 116 valence electrons. The lowest BCUT2D eigenvalue weighted by Crippen LogP contribution is -2.37. The summed E-state index contributed by atoms with van der Waals surface area (Å²) in [7, 11) is 0. The summed E-state index contributed by atoms with van der Waals surface area (Å²) < 4.78 is 5.73. The molecule has 4 heteroatoms. The molecule has 1 atom stereocenters. The number of rotatable bonds is 7. The Balaban J connectivity index is 2.73. The fourth-order valence-corrected chi connectivity index (χ4v) is 2.37. The van der Waals surface area contributed by atoms with Crippen LogP contribution in [-0.4, -0.2) is 23.5 Å². The normalized spacial score (nSPS) is 12.8. The van der Waals surface area contributed by atoms with Gasteiger partial charge in [-0.2, -0.15) is 0 Å². The molecule has 1 N–H and O–H groups in total.